The number of amides is 1. The fraction of sp³-hybridized carbons (Fsp3) is 0.286. The Balaban J connectivity index is 1.34. The Morgan fingerprint density at radius 3 is 2.68 bits per heavy atom. The van der Waals surface area contributed by atoms with Crippen molar-refractivity contribution in [3.63, 3.8) is 0 Å². The highest BCUT2D eigenvalue weighted by Gasteiger charge is 2.07. The zero-order chi connectivity index (χ0) is 19.6. The molecular weight excluding hydrogens is 372 g/mol. The van der Waals surface area contributed by atoms with Crippen LogP contribution in [-0.2, 0) is 10.5 Å². The fourth-order valence-corrected chi connectivity index (χ4v) is 3.36. The normalized spacial score (nSPS) is 11.9. The summed E-state index contributed by atoms with van der Waals surface area (Å²) < 4.78 is 5.82. The summed E-state index contributed by atoms with van der Waals surface area (Å²) in [4.78, 5) is 16.3. The number of ether oxygens (including phenoxy) is 1. The second-order valence-corrected chi connectivity index (χ2v) is 7.27. The van der Waals surface area contributed by atoms with Crippen LogP contribution < -0.4 is 5.32 Å². The molecule has 0 spiro atoms. The number of thioether (sulfide) groups is 1. The Hall–Kier alpha value is -2.64. The van der Waals surface area contributed by atoms with Crippen molar-refractivity contribution in [2.24, 2.45) is 0 Å². The van der Waals surface area contributed by atoms with Crippen molar-refractivity contribution >= 4 is 17.7 Å². The van der Waals surface area contributed by atoms with Crippen LogP contribution >= 0.6 is 11.8 Å². The molecule has 0 aliphatic carbocycles. The van der Waals surface area contributed by atoms with Crippen LogP contribution in [0.2, 0.25) is 0 Å². The third-order valence-electron chi connectivity index (χ3n) is 4.23. The Labute approximate surface area is 169 Å². The van der Waals surface area contributed by atoms with E-state index in [0.717, 1.165) is 28.5 Å². The molecule has 1 unspecified atom stereocenters. The first-order valence-corrected chi connectivity index (χ1v) is 10.2. The molecule has 0 saturated carbocycles. The van der Waals surface area contributed by atoms with Gasteiger partial charge >= 0.3 is 0 Å². The molecule has 146 valence electrons. The predicted octanol–water partition coefficient (Wildman–Crippen LogP) is 3.99. The number of aromatic nitrogens is 3. The molecule has 2 aromatic carbocycles. The third kappa shape index (κ3) is 6.21. The minimum Gasteiger partial charge on any atom is -0.374 e. The number of carbonyl (C=O) groups excluding carboxylic acids is 1. The zero-order valence-electron chi connectivity index (χ0n) is 15.8. The van der Waals surface area contributed by atoms with E-state index < -0.39 is 0 Å². The molecule has 7 heteroatoms. The maximum atomic E-state index is 12.2. The number of carbonyl (C=O) groups is 1. The second kappa shape index (κ2) is 10.6. The van der Waals surface area contributed by atoms with Crippen molar-refractivity contribution in [1.29, 1.82) is 0 Å². The van der Waals surface area contributed by atoms with Gasteiger partial charge in [-0.1, -0.05) is 54.2 Å². The fourth-order valence-electron chi connectivity index (χ4n) is 2.62. The van der Waals surface area contributed by atoms with Gasteiger partial charge in [0.1, 0.15) is 6.33 Å². The van der Waals surface area contributed by atoms with E-state index in [1.807, 2.05) is 49.4 Å². The Morgan fingerprint density at radius 1 is 1.18 bits per heavy atom. The summed E-state index contributed by atoms with van der Waals surface area (Å²) in [6.07, 6.45) is 2.32. The molecule has 1 amide bonds. The largest absolute Gasteiger partial charge is 0.374 e. The Morgan fingerprint density at radius 2 is 1.96 bits per heavy atom. The van der Waals surface area contributed by atoms with Gasteiger partial charge in [-0.25, -0.2) is 4.98 Å². The molecule has 0 fully saturated rings. The summed E-state index contributed by atoms with van der Waals surface area (Å²) in [5.74, 6) is 0.708. The van der Waals surface area contributed by atoms with Crippen LogP contribution in [0.25, 0.3) is 0 Å². The van der Waals surface area contributed by atoms with Crippen LogP contribution in [0.4, 0.5) is 0 Å². The van der Waals surface area contributed by atoms with Crippen molar-refractivity contribution in [3.8, 4) is 0 Å². The van der Waals surface area contributed by atoms with Gasteiger partial charge in [0.15, 0.2) is 5.16 Å². The lowest BCUT2D eigenvalue weighted by Crippen LogP contribution is -2.25. The van der Waals surface area contributed by atoms with Gasteiger partial charge < -0.3 is 10.1 Å². The highest BCUT2D eigenvalue weighted by atomic mass is 32.2. The highest BCUT2D eigenvalue weighted by molar-refractivity contribution is 7.98. The van der Waals surface area contributed by atoms with Gasteiger partial charge in [-0.15, -0.1) is 0 Å². The average molecular weight is 397 g/mol. The van der Waals surface area contributed by atoms with Gasteiger partial charge in [-0.2, -0.15) is 5.10 Å². The van der Waals surface area contributed by atoms with Crippen molar-refractivity contribution in [1.82, 2.24) is 20.5 Å². The first-order chi connectivity index (χ1) is 13.7. The van der Waals surface area contributed by atoms with E-state index in [1.54, 1.807) is 11.8 Å². The summed E-state index contributed by atoms with van der Waals surface area (Å²) in [5, 5.41) is 10.4. The molecule has 28 heavy (non-hydrogen) atoms. The number of aromatic amines is 1. The van der Waals surface area contributed by atoms with E-state index in [2.05, 4.69) is 32.6 Å². The summed E-state index contributed by atoms with van der Waals surface area (Å²) in [7, 11) is 0. The Bertz CT molecular complexity index is 839. The molecular formula is C21H24N4O2S. The predicted molar refractivity (Wildman–Crippen MR) is 110 cm³/mol. The monoisotopic (exact) mass is 396 g/mol. The molecule has 1 aromatic heterocycles. The smallest absolute Gasteiger partial charge is 0.251 e. The number of hydrogen-bond acceptors (Lipinski definition) is 5. The highest BCUT2D eigenvalue weighted by Crippen LogP contribution is 2.18. The third-order valence-corrected chi connectivity index (χ3v) is 5.18. The van der Waals surface area contributed by atoms with Gasteiger partial charge in [0.05, 0.1) is 6.10 Å². The minimum absolute atomic E-state index is 0.0549. The topological polar surface area (TPSA) is 79.9 Å². The van der Waals surface area contributed by atoms with Crippen molar-refractivity contribution in [2.75, 3.05) is 13.2 Å². The maximum Gasteiger partial charge on any atom is 0.251 e. The molecule has 1 heterocycles. The first kappa shape index (κ1) is 20.1. The van der Waals surface area contributed by atoms with E-state index in [4.69, 9.17) is 4.74 Å². The summed E-state index contributed by atoms with van der Waals surface area (Å²) in [6, 6.07) is 17.7. The first-order valence-electron chi connectivity index (χ1n) is 9.24. The molecule has 6 nitrogen and oxygen atoms in total. The lowest BCUT2D eigenvalue weighted by atomic mass is 10.1. The summed E-state index contributed by atoms with van der Waals surface area (Å²) in [5.41, 5.74) is 2.95. The lowest BCUT2D eigenvalue weighted by molar-refractivity contribution is 0.0635. The summed E-state index contributed by atoms with van der Waals surface area (Å²) in [6.45, 7) is 3.23. The van der Waals surface area contributed by atoms with Gasteiger partial charge in [-0.3, -0.25) is 9.89 Å². The summed E-state index contributed by atoms with van der Waals surface area (Å²) >= 11 is 1.57. The number of hydrogen-bond donors (Lipinski definition) is 2. The van der Waals surface area contributed by atoms with Crippen LogP contribution in [0.5, 0.6) is 0 Å². The number of rotatable bonds is 10. The van der Waals surface area contributed by atoms with Crippen molar-refractivity contribution < 1.29 is 9.53 Å². The molecule has 0 bridgehead atoms. The quantitative estimate of drug-likeness (QED) is 0.400. The molecule has 0 aliphatic heterocycles. The number of benzene rings is 2. The van der Waals surface area contributed by atoms with Crippen LogP contribution in [0.1, 0.15) is 40.9 Å². The molecule has 0 aliphatic rings. The van der Waals surface area contributed by atoms with Crippen molar-refractivity contribution in [2.45, 2.75) is 30.4 Å². The average Bonchev–Trinajstić information content (AvgIpc) is 3.26. The Kier molecular flexibility index (Phi) is 7.63. The van der Waals surface area contributed by atoms with Crippen LogP contribution in [0, 0.1) is 0 Å². The van der Waals surface area contributed by atoms with Gasteiger partial charge in [0.2, 0.25) is 0 Å². The lowest BCUT2D eigenvalue weighted by Gasteiger charge is -2.13. The number of H-pyrrole nitrogens is 1. The molecule has 0 saturated heterocycles. The van der Waals surface area contributed by atoms with E-state index in [-0.39, 0.29) is 12.0 Å². The van der Waals surface area contributed by atoms with E-state index in [9.17, 15) is 4.79 Å². The maximum absolute atomic E-state index is 12.2. The van der Waals surface area contributed by atoms with Gasteiger partial charge in [-0.05, 0) is 36.6 Å². The van der Waals surface area contributed by atoms with Crippen molar-refractivity contribution in [3.05, 3.63) is 77.6 Å². The number of nitrogens with one attached hydrogen (secondary N) is 2. The second-order valence-electron chi connectivity index (χ2n) is 6.31. The molecule has 2 N–H and O–H groups in total. The molecule has 0 radical (unpaired) electrons. The SMILES string of the molecule is CC(OCCCNC(=O)c1ccc(CSc2ncn[nH]2)cc1)c1ccccc1. The van der Waals surface area contributed by atoms with E-state index >= 15 is 0 Å². The standard InChI is InChI=1S/C21H24N4O2S/c1-16(18-6-3-2-4-7-18)27-13-5-12-22-20(26)19-10-8-17(9-11-19)14-28-21-23-15-24-25-21/h2-4,6-11,15-16H,5,12-14H2,1H3,(H,22,26)(H,23,24,25). The molecule has 3 rings (SSSR count). The van der Waals surface area contributed by atoms with Gasteiger partial charge in [0, 0.05) is 24.5 Å². The molecule has 3 aromatic rings. The van der Waals surface area contributed by atoms with Gasteiger partial charge in [0.25, 0.3) is 5.91 Å². The minimum atomic E-state index is -0.0643. The van der Waals surface area contributed by atoms with E-state index in [1.165, 1.54) is 6.33 Å². The van der Waals surface area contributed by atoms with Crippen LogP contribution in [0.3, 0.4) is 0 Å². The zero-order valence-corrected chi connectivity index (χ0v) is 16.6. The number of nitrogens with zero attached hydrogens (tertiary/aromatic N) is 2. The van der Waals surface area contributed by atoms with Crippen LogP contribution in [0.15, 0.2) is 66.1 Å². The molecule has 1 atom stereocenters. The van der Waals surface area contributed by atoms with Crippen LogP contribution in [-0.4, -0.2) is 34.2 Å². The van der Waals surface area contributed by atoms with E-state index in [0.29, 0.717) is 18.7 Å².